The Morgan fingerprint density at radius 1 is 0.920 bits per heavy atom. The Morgan fingerprint density at radius 3 is 2.52 bits per heavy atom. The molecule has 6 heteroatoms. The van der Waals surface area contributed by atoms with Crippen LogP contribution in [-0.2, 0) is 17.8 Å². The van der Waals surface area contributed by atoms with E-state index < -0.39 is 6.04 Å². The molecule has 0 radical (unpaired) electrons. The summed E-state index contributed by atoms with van der Waals surface area (Å²) in [5.41, 5.74) is 2.76. The number of fused-ring (bicyclic) bond motifs is 3. The second kappa shape index (κ2) is 5.24. The molecule has 3 aliphatic rings. The van der Waals surface area contributed by atoms with Gasteiger partial charge in [-0.15, -0.1) is 0 Å². The van der Waals surface area contributed by atoms with Gasteiger partial charge in [-0.05, 0) is 23.3 Å². The van der Waals surface area contributed by atoms with Crippen molar-refractivity contribution in [1.82, 2.24) is 4.90 Å². The minimum Gasteiger partial charge on any atom is -0.486 e. The van der Waals surface area contributed by atoms with Crippen molar-refractivity contribution < 1.29 is 19.1 Å². The molecule has 2 aromatic rings. The number of amides is 3. The summed E-state index contributed by atoms with van der Waals surface area (Å²) in [4.78, 5) is 28.7. The molecule has 0 N–H and O–H groups in total. The zero-order valence-corrected chi connectivity index (χ0v) is 13.5. The van der Waals surface area contributed by atoms with Gasteiger partial charge in [0.2, 0.25) is 0 Å². The molecule has 3 aliphatic heterocycles. The van der Waals surface area contributed by atoms with Crippen molar-refractivity contribution in [2.75, 3.05) is 18.1 Å². The molecule has 0 bridgehead atoms. The summed E-state index contributed by atoms with van der Waals surface area (Å²) in [6.45, 7) is 1.43. The Labute approximate surface area is 144 Å². The standard InChI is InChI=1S/C19H16N2O4/c22-18-15-9-12-3-1-2-4-13(12)11-20(15)19(23)21(18)14-5-6-16-17(10-14)25-8-7-24-16/h1-6,10,15H,7-9,11H2. The normalized spacial score (nSPS) is 21.2. The third kappa shape index (κ3) is 2.10. The first kappa shape index (κ1) is 14.3. The molecule has 1 atom stereocenters. The lowest BCUT2D eigenvalue weighted by molar-refractivity contribution is -0.120. The topological polar surface area (TPSA) is 59.1 Å². The highest BCUT2D eigenvalue weighted by atomic mass is 16.6. The van der Waals surface area contributed by atoms with E-state index in [0.717, 1.165) is 11.1 Å². The molecule has 0 aliphatic carbocycles. The van der Waals surface area contributed by atoms with Gasteiger partial charge >= 0.3 is 6.03 Å². The maximum Gasteiger partial charge on any atom is 0.332 e. The fraction of sp³-hybridized carbons (Fsp3) is 0.263. The highest BCUT2D eigenvalue weighted by Gasteiger charge is 2.47. The second-order valence-electron chi connectivity index (χ2n) is 6.40. The van der Waals surface area contributed by atoms with E-state index in [9.17, 15) is 9.59 Å². The van der Waals surface area contributed by atoms with Gasteiger partial charge in [0.15, 0.2) is 11.5 Å². The minimum absolute atomic E-state index is 0.184. The number of carbonyl (C=O) groups excluding carboxylic acids is 2. The van der Waals surface area contributed by atoms with Gasteiger partial charge in [-0.2, -0.15) is 0 Å². The first-order valence-electron chi connectivity index (χ1n) is 8.33. The number of nitrogens with zero attached hydrogens (tertiary/aromatic N) is 2. The summed E-state index contributed by atoms with van der Waals surface area (Å²) in [7, 11) is 0. The van der Waals surface area contributed by atoms with Gasteiger partial charge in [-0.3, -0.25) is 4.79 Å². The van der Waals surface area contributed by atoms with E-state index in [1.165, 1.54) is 4.90 Å². The van der Waals surface area contributed by atoms with E-state index >= 15 is 0 Å². The van der Waals surface area contributed by atoms with Crippen LogP contribution in [0.15, 0.2) is 42.5 Å². The first-order chi connectivity index (χ1) is 12.2. The van der Waals surface area contributed by atoms with Crippen LogP contribution in [0.1, 0.15) is 11.1 Å². The minimum atomic E-state index is -0.435. The highest BCUT2D eigenvalue weighted by molar-refractivity contribution is 6.21. The first-order valence-corrected chi connectivity index (χ1v) is 8.33. The van der Waals surface area contributed by atoms with Crippen LogP contribution in [-0.4, -0.2) is 36.1 Å². The van der Waals surface area contributed by atoms with Crippen LogP contribution in [0.5, 0.6) is 11.5 Å². The number of rotatable bonds is 1. The van der Waals surface area contributed by atoms with Crippen LogP contribution in [0.3, 0.4) is 0 Å². The molecule has 1 fully saturated rings. The molecule has 3 amide bonds. The predicted molar refractivity (Wildman–Crippen MR) is 89.8 cm³/mol. The molecule has 1 unspecified atom stereocenters. The van der Waals surface area contributed by atoms with Crippen molar-refractivity contribution in [2.45, 2.75) is 19.0 Å². The van der Waals surface area contributed by atoms with Crippen molar-refractivity contribution in [3.8, 4) is 11.5 Å². The molecule has 1 saturated heterocycles. The molecule has 0 spiro atoms. The molecular weight excluding hydrogens is 320 g/mol. The van der Waals surface area contributed by atoms with Crippen LogP contribution in [0.4, 0.5) is 10.5 Å². The average Bonchev–Trinajstić information content (AvgIpc) is 2.90. The summed E-state index contributed by atoms with van der Waals surface area (Å²) in [6.07, 6.45) is 0.557. The largest absolute Gasteiger partial charge is 0.486 e. The quantitative estimate of drug-likeness (QED) is 0.750. The van der Waals surface area contributed by atoms with Crippen molar-refractivity contribution in [3.05, 3.63) is 53.6 Å². The van der Waals surface area contributed by atoms with Crippen molar-refractivity contribution in [3.63, 3.8) is 0 Å². The lowest BCUT2D eigenvalue weighted by atomic mass is 9.95. The van der Waals surface area contributed by atoms with Gasteiger partial charge in [-0.1, -0.05) is 24.3 Å². The molecule has 3 heterocycles. The van der Waals surface area contributed by atoms with Gasteiger partial charge < -0.3 is 14.4 Å². The van der Waals surface area contributed by atoms with Crippen LogP contribution >= 0.6 is 0 Å². The zero-order valence-electron chi connectivity index (χ0n) is 13.5. The third-order valence-electron chi connectivity index (χ3n) is 4.97. The molecule has 126 valence electrons. The van der Waals surface area contributed by atoms with Gasteiger partial charge in [0.1, 0.15) is 19.3 Å². The number of imide groups is 1. The van der Waals surface area contributed by atoms with Crippen molar-refractivity contribution in [2.24, 2.45) is 0 Å². The smallest absolute Gasteiger partial charge is 0.332 e. The Hall–Kier alpha value is -3.02. The molecular formula is C19H16N2O4. The summed E-state index contributed by atoms with van der Waals surface area (Å²) >= 11 is 0. The molecule has 5 rings (SSSR count). The Morgan fingerprint density at radius 2 is 1.68 bits per heavy atom. The lowest BCUT2D eigenvalue weighted by Crippen LogP contribution is -2.39. The third-order valence-corrected chi connectivity index (χ3v) is 4.97. The van der Waals surface area contributed by atoms with Crippen LogP contribution in [0, 0.1) is 0 Å². The number of hydrogen-bond acceptors (Lipinski definition) is 4. The number of hydrogen-bond donors (Lipinski definition) is 0. The summed E-state index contributed by atoms with van der Waals surface area (Å²) in [6, 6.07) is 12.4. The van der Waals surface area contributed by atoms with E-state index in [4.69, 9.17) is 9.47 Å². The van der Waals surface area contributed by atoms with E-state index in [1.54, 1.807) is 23.1 Å². The zero-order chi connectivity index (χ0) is 17.0. The molecule has 0 saturated carbocycles. The summed E-state index contributed by atoms with van der Waals surface area (Å²) in [5, 5.41) is 0. The summed E-state index contributed by atoms with van der Waals surface area (Å²) < 4.78 is 11.1. The average molecular weight is 336 g/mol. The second-order valence-corrected chi connectivity index (χ2v) is 6.40. The Bertz CT molecular complexity index is 852. The van der Waals surface area contributed by atoms with E-state index in [0.29, 0.717) is 43.4 Å². The van der Waals surface area contributed by atoms with Crippen LogP contribution in [0.25, 0.3) is 0 Å². The Kier molecular flexibility index (Phi) is 3.00. The predicted octanol–water partition coefficient (Wildman–Crippen LogP) is 2.35. The van der Waals surface area contributed by atoms with Crippen LogP contribution in [0.2, 0.25) is 0 Å². The number of carbonyl (C=O) groups is 2. The van der Waals surface area contributed by atoms with E-state index in [2.05, 4.69) is 0 Å². The van der Waals surface area contributed by atoms with Gasteiger partial charge in [0.05, 0.1) is 5.69 Å². The molecule has 6 nitrogen and oxygen atoms in total. The fourth-order valence-corrected chi connectivity index (χ4v) is 3.73. The van der Waals surface area contributed by atoms with Gasteiger partial charge in [0, 0.05) is 19.0 Å². The fourth-order valence-electron chi connectivity index (χ4n) is 3.73. The highest BCUT2D eigenvalue weighted by Crippen LogP contribution is 2.38. The van der Waals surface area contributed by atoms with E-state index in [-0.39, 0.29) is 11.9 Å². The monoisotopic (exact) mass is 336 g/mol. The summed E-state index contributed by atoms with van der Waals surface area (Å²) in [5.74, 6) is 1.02. The maximum absolute atomic E-state index is 12.9. The molecule has 25 heavy (non-hydrogen) atoms. The number of urea groups is 1. The van der Waals surface area contributed by atoms with Crippen molar-refractivity contribution >= 4 is 17.6 Å². The van der Waals surface area contributed by atoms with Crippen molar-refractivity contribution in [1.29, 1.82) is 0 Å². The van der Waals surface area contributed by atoms with Gasteiger partial charge in [0.25, 0.3) is 5.91 Å². The molecule has 0 aromatic heterocycles. The van der Waals surface area contributed by atoms with E-state index in [1.807, 2.05) is 24.3 Å². The van der Waals surface area contributed by atoms with Crippen LogP contribution < -0.4 is 14.4 Å². The SMILES string of the molecule is O=C1C2Cc3ccccc3CN2C(=O)N1c1ccc2c(c1)OCCO2. The molecule has 2 aromatic carbocycles. The maximum atomic E-state index is 12.9. The number of anilines is 1. The Balaban J connectivity index is 1.50. The van der Waals surface area contributed by atoms with Gasteiger partial charge in [-0.25, -0.2) is 9.69 Å². The number of ether oxygens (including phenoxy) is 2. The lowest BCUT2D eigenvalue weighted by Gasteiger charge is -2.28. The number of benzene rings is 2.